The second-order valence-electron chi connectivity index (χ2n) is 6.73. The van der Waals surface area contributed by atoms with E-state index in [4.69, 9.17) is 0 Å². The van der Waals surface area contributed by atoms with Crippen molar-refractivity contribution >= 4 is 21.6 Å². The smallest absolute Gasteiger partial charge is 0.267 e. The molecule has 0 atom stereocenters. The van der Waals surface area contributed by atoms with Crippen molar-refractivity contribution in [2.75, 3.05) is 14.1 Å². The van der Waals surface area contributed by atoms with Gasteiger partial charge in [-0.25, -0.2) is 18.1 Å². The van der Waals surface area contributed by atoms with Gasteiger partial charge in [-0.3, -0.25) is 4.79 Å². The molecule has 144 valence electrons. The van der Waals surface area contributed by atoms with Crippen molar-refractivity contribution < 1.29 is 13.2 Å². The van der Waals surface area contributed by atoms with Crippen molar-refractivity contribution in [2.24, 2.45) is 5.10 Å². The van der Waals surface area contributed by atoms with Gasteiger partial charge < -0.3 is 0 Å². The third-order valence-electron chi connectivity index (χ3n) is 4.24. The molecule has 0 unspecified atom stereocenters. The van der Waals surface area contributed by atoms with Crippen LogP contribution in [0, 0.1) is 20.8 Å². The van der Waals surface area contributed by atoms with Gasteiger partial charge in [-0.2, -0.15) is 5.10 Å². The predicted molar refractivity (Wildman–Crippen MR) is 108 cm³/mol. The van der Waals surface area contributed by atoms with Crippen LogP contribution >= 0.6 is 0 Å². The van der Waals surface area contributed by atoms with Gasteiger partial charge in [0, 0.05) is 25.2 Å². The molecule has 27 heavy (non-hydrogen) atoms. The Morgan fingerprint density at radius 3 is 2.19 bits per heavy atom. The Hall–Kier alpha value is -2.51. The van der Waals surface area contributed by atoms with E-state index in [9.17, 15) is 13.2 Å². The highest BCUT2D eigenvalue weighted by Gasteiger charge is 2.18. The fraction of sp³-hybridized carbons (Fsp3) is 0.300. The Morgan fingerprint density at radius 2 is 1.63 bits per heavy atom. The largest absolute Gasteiger partial charge is 0.271 e. The Morgan fingerprint density at radius 1 is 1.04 bits per heavy atom. The summed E-state index contributed by atoms with van der Waals surface area (Å²) in [6.07, 6.45) is 0. The normalized spacial score (nSPS) is 12.3. The van der Waals surface area contributed by atoms with E-state index in [-0.39, 0.29) is 10.5 Å². The molecular formula is C20H25N3O3S. The standard InChI is InChI=1S/C20H25N3O3S/c1-13-10-14(2)19(15(3)11-13)16(4)21-22-20(24)17-8-7-9-18(12-17)27(25,26)23(5)6/h7-12H,1-6H3,(H,22,24)/b21-16-. The first-order valence-electron chi connectivity index (χ1n) is 8.49. The van der Waals surface area contributed by atoms with E-state index in [0.29, 0.717) is 5.71 Å². The van der Waals surface area contributed by atoms with Gasteiger partial charge in [0.05, 0.1) is 10.6 Å². The van der Waals surface area contributed by atoms with E-state index in [1.807, 2.05) is 27.7 Å². The molecule has 6 nitrogen and oxygen atoms in total. The third-order valence-corrected chi connectivity index (χ3v) is 6.05. The average Bonchev–Trinajstić information content (AvgIpc) is 2.58. The number of nitrogens with one attached hydrogen (secondary N) is 1. The van der Waals surface area contributed by atoms with Gasteiger partial charge in [0.2, 0.25) is 10.0 Å². The van der Waals surface area contributed by atoms with Gasteiger partial charge in [0.15, 0.2) is 0 Å². The van der Waals surface area contributed by atoms with E-state index >= 15 is 0 Å². The quantitative estimate of drug-likeness (QED) is 0.633. The predicted octanol–water partition coefficient (Wildman–Crippen LogP) is 3.02. The van der Waals surface area contributed by atoms with Crippen molar-refractivity contribution in [2.45, 2.75) is 32.6 Å². The van der Waals surface area contributed by atoms with Gasteiger partial charge >= 0.3 is 0 Å². The zero-order valence-electron chi connectivity index (χ0n) is 16.5. The van der Waals surface area contributed by atoms with Gasteiger partial charge in [-0.05, 0) is 57.0 Å². The number of sulfonamides is 1. The van der Waals surface area contributed by atoms with E-state index in [2.05, 4.69) is 22.7 Å². The van der Waals surface area contributed by atoms with Crippen LogP contribution in [0.25, 0.3) is 0 Å². The first-order chi connectivity index (χ1) is 12.5. The molecule has 0 saturated carbocycles. The number of hydrogen-bond acceptors (Lipinski definition) is 4. The van der Waals surface area contributed by atoms with Crippen LogP contribution in [-0.4, -0.2) is 38.4 Å². The van der Waals surface area contributed by atoms with Crippen LogP contribution in [0.4, 0.5) is 0 Å². The van der Waals surface area contributed by atoms with Gasteiger partial charge in [0.1, 0.15) is 0 Å². The number of carbonyl (C=O) groups is 1. The van der Waals surface area contributed by atoms with Crippen LogP contribution in [0.5, 0.6) is 0 Å². The van der Waals surface area contributed by atoms with E-state index < -0.39 is 15.9 Å². The summed E-state index contributed by atoms with van der Waals surface area (Å²) >= 11 is 0. The minimum absolute atomic E-state index is 0.0612. The topological polar surface area (TPSA) is 78.8 Å². The summed E-state index contributed by atoms with van der Waals surface area (Å²) in [6.45, 7) is 7.88. The van der Waals surface area contributed by atoms with E-state index in [1.165, 1.54) is 37.9 Å². The maximum atomic E-state index is 12.4. The molecule has 0 radical (unpaired) electrons. The van der Waals surface area contributed by atoms with Crippen LogP contribution in [-0.2, 0) is 10.0 Å². The lowest BCUT2D eigenvalue weighted by molar-refractivity contribution is 0.0954. The minimum atomic E-state index is -3.60. The van der Waals surface area contributed by atoms with E-state index in [1.54, 1.807) is 6.07 Å². The first-order valence-corrected chi connectivity index (χ1v) is 9.93. The molecule has 0 aromatic heterocycles. The highest BCUT2D eigenvalue weighted by atomic mass is 32.2. The molecule has 1 amide bonds. The van der Waals surface area contributed by atoms with Crippen LogP contribution in [0.15, 0.2) is 46.4 Å². The fourth-order valence-electron chi connectivity index (χ4n) is 3.01. The van der Waals surface area contributed by atoms with Crippen LogP contribution in [0.3, 0.4) is 0 Å². The summed E-state index contributed by atoms with van der Waals surface area (Å²) in [6, 6.07) is 10.0. The minimum Gasteiger partial charge on any atom is -0.267 e. The molecule has 2 rings (SSSR count). The molecule has 0 aliphatic carbocycles. The molecule has 1 N–H and O–H groups in total. The van der Waals surface area contributed by atoms with Crippen LogP contribution in [0.2, 0.25) is 0 Å². The molecule has 0 heterocycles. The lowest BCUT2D eigenvalue weighted by atomic mass is 9.97. The van der Waals surface area contributed by atoms with Crippen molar-refractivity contribution in [1.29, 1.82) is 0 Å². The molecule has 2 aromatic carbocycles. The maximum absolute atomic E-state index is 12.4. The van der Waals surface area contributed by atoms with Crippen molar-refractivity contribution in [1.82, 2.24) is 9.73 Å². The number of carbonyl (C=O) groups excluding carboxylic acids is 1. The summed E-state index contributed by atoms with van der Waals surface area (Å²) < 4.78 is 25.6. The molecule has 7 heteroatoms. The molecule has 2 aromatic rings. The number of hydrogen-bond donors (Lipinski definition) is 1. The molecule has 0 saturated heterocycles. The number of amides is 1. The van der Waals surface area contributed by atoms with Crippen LogP contribution in [0.1, 0.15) is 39.5 Å². The molecular weight excluding hydrogens is 362 g/mol. The fourth-order valence-corrected chi connectivity index (χ4v) is 3.96. The lowest BCUT2D eigenvalue weighted by Crippen LogP contribution is -2.23. The number of hydrazone groups is 1. The second kappa shape index (κ2) is 8.02. The SMILES string of the molecule is C/C(=N/NC(=O)c1cccc(S(=O)(=O)N(C)C)c1)c1c(C)cc(C)cc1C. The highest BCUT2D eigenvalue weighted by Crippen LogP contribution is 2.18. The average molecular weight is 388 g/mol. The summed E-state index contributed by atoms with van der Waals surface area (Å²) in [5.41, 5.74) is 7.77. The highest BCUT2D eigenvalue weighted by molar-refractivity contribution is 7.89. The maximum Gasteiger partial charge on any atom is 0.271 e. The number of rotatable bonds is 5. The molecule has 0 aliphatic rings. The molecule has 0 fully saturated rings. The summed E-state index contributed by atoms with van der Waals surface area (Å²) in [5, 5.41) is 4.21. The zero-order valence-corrected chi connectivity index (χ0v) is 17.3. The molecule has 0 aliphatic heterocycles. The Bertz CT molecular complexity index is 986. The zero-order chi connectivity index (χ0) is 20.4. The Kier molecular flexibility index (Phi) is 6.18. The summed E-state index contributed by atoms with van der Waals surface area (Å²) in [5.74, 6) is -0.465. The molecule has 0 bridgehead atoms. The number of benzene rings is 2. The van der Waals surface area contributed by atoms with Gasteiger partial charge in [-0.1, -0.05) is 23.8 Å². The lowest BCUT2D eigenvalue weighted by Gasteiger charge is -2.12. The molecule has 0 spiro atoms. The van der Waals surface area contributed by atoms with Gasteiger partial charge in [-0.15, -0.1) is 0 Å². The number of aryl methyl sites for hydroxylation is 3. The Labute approximate surface area is 161 Å². The number of nitrogens with zero attached hydrogens (tertiary/aromatic N) is 2. The van der Waals surface area contributed by atoms with Crippen molar-refractivity contribution in [3.05, 3.63) is 64.2 Å². The van der Waals surface area contributed by atoms with Crippen molar-refractivity contribution in [3.63, 3.8) is 0 Å². The monoisotopic (exact) mass is 387 g/mol. The van der Waals surface area contributed by atoms with Crippen LogP contribution < -0.4 is 5.43 Å². The van der Waals surface area contributed by atoms with Gasteiger partial charge in [0.25, 0.3) is 5.91 Å². The Balaban J connectivity index is 2.27. The summed E-state index contributed by atoms with van der Waals surface area (Å²) in [4.78, 5) is 12.5. The van der Waals surface area contributed by atoms with E-state index in [0.717, 1.165) is 21.0 Å². The van der Waals surface area contributed by atoms with Crippen molar-refractivity contribution in [3.8, 4) is 0 Å². The third kappa shape index (κ3) is 4.61. The second-order valence-corrected chi connectivity index (χ2v) is 8.88. The summed E-state index contributed by atoms with van der Waals surface area (Å²) in [7, 11) is -0.712. The first kappa shape index (κ1) is 20.8.